The Balaban J connectivity index is 1.96. The van der Waals surface area contributed by atoms with Crippen molar-refractivity contribution >= 4 is 16.8 Å². The maximum atomic E-state index is 13.8. The van der Waals surface area contributed by atoms with Crippen molar-refractivity contribution < 1.29 is 9.18 Å². The average molecular weight is 274 g/mol. The number of hydrogen-bond acceptors (Lipinski definition) is 1. The highest BCUT2D eigenvalue weighted by Gasteiger charge is 2.24. The molecule has 2 aromatic rings. The van der Waals surface area contributed by atoms with E-state index in [0.29, 0.717) is 17.0 Å². The maximum Gasteiger partial charge on any atom is 0.270 e. The second-order valence-electron chi connectivity index (χ2n) is 5.74. The number of aromatic nitrogens is 1. The van der Waals surface area contributed by atoms with Gasteiger partial charge in [-0.15, -0.1) is 0 Å². The van der Waals surface area contributed by atoms with Crippen LogP contribution in [0.4, 0.5) is 4.39 Å². The number of carbonyl (C=O) groups excluding carboxylic acids is 1. The van der Waals surface area contributed by atoms with Gasteiger partial charge in [-0.1, -0.05) is 13.0 Å². The topological polar surface area (TPSA) is 25.2 Å². The predicted molar refractivity (Wildman–Crippen MR) is 77.2 cm³/mol. The van der Waals surface area contributed by atoms with Crippen molar-refractivity contribution in [1.29, 1.82) is 0 Å². The van der Waals surface area contributed by atoms with Crippen LogP contribution in [0, 0.1) is 11.7 Å². The smallest absolute Gasteiger partial charge is 0.270 e. The molecule has 4 heteroatoms. The minimum atomic E-state index is -0.274. The van der Waals surface area contributed by atoms with Crippen molar-refractivity contribution in [2.24, 2.45) is 13.0 Å². The third kappa shape index (κ3) is 2.09. The van der Waals surface area contributed by atoms with Crippen LogP contribution in [0.1, 0.15) is 30.3 Å². The average Bonchev–Trinajstić information content (AvgIpc) is 2.78. The Kier molecular flexibility index (Phi) is 3.24. The molecule has 0 N–H and O–H groups in total. The first-order chi connectivity index (χ1) is 9.58. The first-order valence-corrected chi connectivity index (χ1v) is 7.11. The number of halogens is 1. The molecule has 0 saturated carbocycles. The van der Waals surface area contributed by atoms with Crippen LogP contribution in [0.5, 0.6) is 0 Å². The van der Waals surface area contributed by atoms with E-state index in [1.165, 1.54) is 6.07 Å². The summed E-state index contributed by atoms with van der Waals surface area (Å²) in [5.41, 5.74) is 1.33. The number of amides is 1. The zero-order valence-corrected chi connectivity index (χ0v) is 11.9. The number of nitrogens with zero attached hydrogens (tertiary/aromatic N) is 2. The summed E-state index contributed by atoms with van der Waals surface area (Å²) < 4.78 is 15.6. The summed E-state index contributed by atoms with van der Waals surface area (Å²) in [6.07, 6.45) is 2.09. The van der Waals surface area contributed by atoms with Gasteiger partial charge in [0.05, 0.1) is 5.52 Å². The van der Waals surface area contributed by atoms with Crippen molar-refractivity contribution in [3.05, 3.63) is 35.8 Å². The Morgan fingerprint density at radius 3 is 2.65 bits per heavy atom. The van der Waals surface area contributed by atoms with Gasteiger partial charge >= 0.3 is 0 Å². The van der Waals surface area contributed by atoms with Gasteiger partial charge in [-0.05, 0) is 37.0 Å². The summed E-state index contributed by atoms with van der Waals surface area (Å²) in [6, 6.07) is 6.62. The van der Waals surface area contributed by atoms with Crippen LogP contribution in [0.3, 0.4) is 0 Å². The first kappa shape index (κ1) is 13.2. The number of aryl methyl sites for hydroxylation is 1. The Morgan fingerprint density at radius 2 is 2.00 bits per heavy atom. The van der Waals surface area contributed by atoms with E-state index < -0.39 is 0 Å². The number of piperidine rings is 1. The van der Waals surface area contributed by atoms with Crippen LogP contribution < -0.4 is 0 Å². The summed E-state index contributed by atoms with van der Waals surface area (Å²) in [6.45, 7) is 3.81. The van der Waals surface area contributed by atoms with E-state index in [4.69, 9.17) is 0 Å². The molecule has 0 radical (unpaired) electrons. The van der Waals surface area contributed by atoms with E-state index in [9.17, 15) is 9.18 Å². The summed E-state index contributed by atoms with van der Waals surface area (Å²) in [7, 11) is 1.82. The minimum Gasteiger partial charge on any atom is -0.340 e. The largest absolute Gasteiger partial charge is 0.340 e. The van der Waals surface area contributed by atoms with Crippen LogP contribution in [-0.2, 0) is 7.05 Å². The third-order valence-electron chi connectivity index (χ3n) is 4.32. The van der Waals surface area contributed by atoms with Gasteiger partial charge in [0.15, 0.2) is 0 Å². The Labute approximate surface area is 118 Å². The van der Waals surface area contributed by atoms with E-state index in [1.807, 2.05) is 18.0 Å². The quantitative estimate of drug-likeness (QED) is 0.784. The number of carbonyl (C=O) groups is 1. The first-order valence-electron chi connectivity index (χ1n) is 7.11. The molecule has 106 valence electrons. The molecule has 0 aliphatic carbocycles. The van der Waals surface area contributed by atoms with E-state index >= 15 is 0 Å². The van der Waals surface area contributed by atoms with Crippen molar-refractivity contribution in [2.75, 3.05) is 13.1 Å². The van der Waals surface area contributed by atoms with Crippen LogP contribution in [0.25, 0.3) is 10.9 Å². The van der Waals surface area contributed by atoms with E-state index in [1.54, 1.807) is 16.7 Å². The standard InChI is InChI=1S/C16H19FN2O/c1-11-6-8-19(9-7-11)16(20)15-10-12-13(17)4-3-5-14(12)18(15)2/h3-5,10-11H,6-9H2,1-2H3. The summed E-state index contributed by atoms with van der Waals surface area (Å²) >= 11 is 0. The molecule has 0 atom stereocenters. The summed E-state index contributed by atoms with van der Waals surface area (Å²) in [4.78, 5) is 14.5. The number of hydrogen-bond donors (Lipinski definition) is 0. The fourth-order valence-corrected chi connectivity index (χ4v) is 2.90. The van der Waals surface area contributed by atoms with Crippen LogP contribution >= 0.6 is 0 Å². The van der Waals surface area contributed by atoms with Crippen molar-refractivity contribution in [1.82, 2.24) is 9.47 Å². The predicted octanol–water partition coefficient (Wildman–Crippen LogP) is 3.19. The molecule has 1 aliphatic heterocycles. The molecule has 1 fully saturated rings. The van der Waals surface area contributed by atoms with Crippen molar-refractivity contribution in [2.45, 2.75) is 19.8 Å². The van der Waals surface area contributed by atoms with Crippen molar-refractivity contribution in [3.63, 3.8) is 0 Å². The van der Waals surface area contributed by atoms with Gasteiger partial charge in [-0.2, -0.15) is 0 Å². The lowest BCUT2D eigenvalue weighted by atomic mass is 9.99. The molecule has 1 aliphatic rings. The van der Waals surface area contributed by atoms with Gasteiger partial charge in [0.2, 0.25) is 0 Å². The molecule has 2 heterocycles. The highest BCUT2D eigenvalue weighted by Crippen LogP contribution is 2.24. The monoisotopic (exact) mass is 274 g/mol. The van der Waals surface area contributed by atoms with Crippen LogP contribution in [0.15, 0.2) is 24.3 Å². The van der Waals surface area contributed by atoms with E-state index in [0.717, 1.165) is 31.4 Å². The minimum absolute atomic E-state index is 0.00926. The summed E-state index contributed by atoms with van der Waals surface area (Å²) in [5, 5.41) is 0.517. The molecule has 1 amide bonds. The van der Waals surface area contributed by atoms with Gasteiger partial charge in [0, 0.05) is 25.5 Å². The molecule has 0 bridgehead atoms. The Bertz CT molecular complexity index is 654. The second-order valence-corrected chi connectivity index (χ2v) is 5.74. The SMILES string of the molecule is CC1CCN(C(=O)c2cc3c(F)cccc3n2C)CC1. The van der Waals surface area contributed by atoms with Gasteiger partial charge in [-0.3, -0.25) is 4.79 Å². The highest BCUT2D eigenvalue weighted by atomic mass is 19.1. The van der Waals surface area contributed by atoms with Gasteiger partial charge in [-0.25, -0.2) is 4.39 Å². The Morgan fingerprint density at radius 1 is 1.30 bits per heavy atom. The van der Waals surface area contributed by atoms with E-state index in [-0.39, 0.29) is 11.7 Å². The molecule has 1 aromatic heterocycles. The fraction of sp³-hybridized carbons (Fsp3) is 0.438. The Hall–Kier alpha value is -1.84. The fourth-order valence-electron chi connectivity index (χ4n) is 2.90. The third-order valence-corrected chi connectivity index (χ3v) is 4.32. The molecule has 0 spiro atoms. The molecule has 3 nitrogen and oxygen atoms in total. The molecule has 1 aromatic carbocycles. The summed E-state index contributed by atoms with van der Waals surface area (Å²) in [5.74, 6) is 0.420. The maximum absolute atomic E-state index is 13.8. The van der Waals surface area contributed by atoms with Crippen LogP contribution in [-0.4, -0.2) is 28.5 Å². The molecular weight excluding hydrogens is 255 g/mol. The van der Waals surface area contributed by atoms with E-state index in [2.05, 4.69) is 6.92 Å². The molecular formula is C16H19FN2O. The molecule has 20 heavy (non-hydrogen) atoms. The zero-order valence-electron chi connectivity index (χ0n) is 11.9. The van der Waals surface area contributed by atoms with Gasteiger partial charge in [0.25, 0.3) is 5.91 Å². The number of fused-ring (bicyclic) bond motifs is 1. The lowest BCUT2D eigenvalue weighted by Gasteiger charge is -2.30. The lowest BCUT2D eigenvalue weighted by Crippen LogP contribution is -2.38. The normalized spacial score (nSPS) is 16.9. The van der Waals surface area contributed by atoms with Gasteiger partial charge in [0.1, 0.15) is 11.5 Å². The van der Waals surface area contributed by atoms with Crippen LogP contribution in [0.2, 0.25) is 0 Å². The molecule has 0 unspecified atom stereocenters. The van der Waals surface area contributed by atoms with Gasteiger partial charge < -0.3 is 9.47 Å². The second kappa shape index (κ2) is 4.93. The molecule has 1 saturated heterocycles. The number of rotatable bonds is 1. The number of likely N-dealkylation sites (tertiary alicyclic amines) is 1. The highest BCUT2D eigenvalue weighted by molar-refractivity contribution is 5.98. The zero-order chi connectivity index (χ0) is 14.3. The van der Waals surface area contributed by atoms with Crippen molar-refractivity contribution in [3.8, 4) is 0 Å². The number of benzene rings is 1. The lowest BCUT2D eigenvalue weighted by molar-refractivity contribution is 0.0688. The molecule has 3 rings (SSSR count).